The Balaban J connectivity index is 1.72. The summed E-state index contributed by atoms with van der Waals surface area (Å²) in [5, 5.41) is 0. The number of unbranched alkanes of at least 4 members (excludes halogenated alkanes) is 1. The van der Waals surface area contributed by atoms with E-state index in [0.717, 1.165) is 38.6 Å². The summed E-state index contributed by atoms with van der Waals surface area (Å²) in [6, 6.07) is 10.1. The third-order valence-electron chi connectivity index (χ3n) is 4.95. The lowest BCUT2D eigenvalue weighted by atomic mass is 9.95. The molecule has 0 aromatic heterocycles. The lowest BCUT2D eigenvalue weighted by Gasteiger charge is -2.33. The number of likely N-dealkylation sites (tertiary alicyclic amines) is 1. The van der Waals surface area contributed by atoms with E-state index >= 15 is 0 Å². The fourth-order valence-corrected chi connectivity index (χ4v) is 3.32. The first-order valence-electron chi connectivity index (χ1n) is 9.29. The minimum absolute atomic E-state index is 0.0619. The van der Waals surface area contributed by atoms with Gasteiger partial charge < -0.3 is 9.80 Å². The molecule has 1 saturated heterocycles. The van der Waals surface area contributed by atoms with Crippen LogP contribution in [0.25, 0.3) is 0 Å². The van der Waals surface area contributed by atoms with Crippen LogP contribution in [0.5, 0.6) is 0 Å². The topological polar surface area (TPSA) is 40.6 Å². The third kappa shape index (κ3) is 6.04. The van der Waals surface area contributed by atoms with Gasteiger partial charge in [0.05, 0.1) is 0 Å². The number of hydrogen-bond acceptors (Lipinski definition) is 2. The molecule has 1 aliphatic rings. The van der Waals surface area contributed by atoms with Gasteiger partial charge in [-0.2, -0.15) is 0 Å². The fraction of sp³-hybridized carbons (Fsp3) is 0.524. The van der Waals surface area contributed by atoms with Gasteiger partial charge >= 0.3 is 0 Å². The van der Waals surface area contributed by atoms with Crippen molar-refractivity contribution in [3.8, 4) is 0 Å². The number of amides is 2. The van der Waals surface area contributed by atoms with Crippen molar-refractivity contribution in [1.29, 1.82) is 0 Å². The molecule has 0 atom stereocenters. The predicted molar refractivity (Wildman–Crippen MR) is 101 cm³/mol. The Morgan fingerprint density at radius 2 is 1.92 bits per heavy atom. The highest BCUT2D eigenvalue weighted by Crippen LogP contribution is 2.20. The van der Waals surface area contributed by atoms with Crippen LogP contribution in [-0.2, 0) is 16.0 Å². The van der Waals surface area contributed by atoms with E-state index in [1.807, 2.05) is 41.1 Å². The molecule has 0 bridgehead atoms. The van der Waals surface area contributed by atoms with E-state index in [2.05, 4.69) is 18.7 Å². The number of nitrogens with zero attached hydrogens (tertiary/aromatic N) is 2. The Morgan fingerprint density at radius 3 is 2.56 bits per heavy atom. The molecule has 2 rings (SSSR count). The number of carbonyl (C=O) groups is 2. The van der Waals surface area contributed by atoms with Crippen molar-refractivity contribution in [2.24, 2.45) is 5.92 Å². The van der Waals surface area contributed by atoms with Gasteiger partial charge in [-0.25, -0.2) is 0 Å². The van der Waals surface area contributed by atoms with Crippen LogP contribution in [0.15, 0.2) is 43.0 Å². The molecule has 1 heterocycles. The fourth-order valence-electron chi connectivity index (χ4n) is 3.32. The molecule has 1 fully saturated rings. The quantitative estimate of drug-likeness (QED) is 0.537. The molecular formula is C21H30N2O2. The van der Waals surface area contributed by atoms with Crippen molar-refractivity contribution in [2.75, 3.05) is 26.7 Å². The molecular weight excluding hydrogens is 312 g/mol. The van der Waals surface area contributed by atoms with Gasteiger partial charge in [0.1, 0.15) is 0 Å². The maximum absolute atomic E-state index is 12.5. The standard InChI is InChI=1S/C21H30N2O2/c1-3-4-8-15-22(2)21(25)19-13-16-23(17-14-19)20(24)12-11-18-9-6-5-7-10-18/h3,5-7,9-10,19H,1,4,8,11-17H2,2H3. The smallest absolute Gasteiger partial charge is 0.225 e. The number of carbonyl (C=O) groups excluding carboxylic acids is 2. The van der Waals surface area contributed by atoms with Crippen molar-refractivity contribution in [3.05, 3.63) is 48.6 Å². The van der Waals surface area contributed by atoms with E-state index in [1.54, 1.807) is 0 Å². The SMILES string of the molecule is C=CCCCN(C)C(=O)C1CCN(C(=O)CCc2ccccc2)CC1. The van der Waals surface area contributed by atoms with Gasteiger partial charge in [-0.15, -0.1) is 6.58 Å². The van der Waals surface area contributed by atoms with Crippen molar-refractivity contribution >= 4 is 11.8 Å². The number of aryl methyl sites for hydroxylation is 1. The van der Waals surface area contributed by atoms with Crippen LogP contribution in [-0.4, -0.2) is 48.3 Å². The number of piperidine rings is 1. The zero-order valence-electron chi connectivity index (χ0n) is 15.3. The van der Waals surface area contributed by atoms with E-state index in [9.17, 15) is 9.59 Å². The van der Waals surface area contributed by atoms with Gasteiger partial charge in [0.2, 0.25) is 11.8 Å². The molecule has 1 aliphatic heterocycles. The van der Waals surface area contributed by atoms with Crippen LogP contribution < -0.4 is 0 Å². The van der Waals surface area contributed by atoms with Gasteiger partial charge in [-0.05, 0) is 37.7 Å². The molecule has 0 unspecified atom stereocenters. The highest BCUT2D eigenvalue weighted by atomic mass is 16.2. The number of benzene rings is 1. The van der Waals surface area contributed by atoms with E-state index in [4.69, 9.17) is 0 Å². The summed E-state index contributed by atoms with van der Waals surface area (Å²) in [6.07, 6.45) is 6.67. The van der Waals surface area contributed by atoms with Crippen LogP contribution in [0.1, 0.15) is 37.7 Å². The first-order chi connectivity index (χ1) is 12.1. The summed E-state index contributed by atoms with van der Waals surface area (Å²) >= 11 is 0. The molecule has 0 N–H and O–H groups in total. The van der Waals surface area contributed by atoms with Crippen LogP contribution in [0, 0.1) is 5.92 Å². The summed E-state index contributed by atoms with van der Waals surface area (Å²) in [6.45, 7) is 5.89. The first-order valence-corrected chi connectivity index (χ1v) is 9.29. The van der Waals surface area contributed by atoms with Crippen molar-refractivity contribution in [3.63, 3.8) is 0 Å². The largest absolute Gasteiger partial charge is 0.346 e. The van der Waals surface area contributed by atoms with Gasteiger partial charge in [0.15, 0.2) is 0 Å². The Labute approximate surface area is 151 Å². The minimum Gasteiger partial charge on any atom is -0.346 e. The van der Waals surface area contributed by atoms with Crippen LogP contribution in [0.4, 0.5) is 0 Å². The van der Waals surface area contributed by atoms with Crippen molar-refractivity contribution in [2.45, 2.75) is 38.5 Å². The average molecular weight is 342 g/mol. The second kappa shape index (κ2) is 10.0. The predicted octanol–water partition coefficient (Wildman–Crippen LogP) is 3.28. The first kappa shape index (κ1) is 19.2. The Morgan fingerprint density at radius 1 is 1.24 bits per heavy atom. The second-order valence-electron chi connectivity index (χ2n) is 6.83. The molecule has 1 aromatic carbocycles. The lowest BCUT2D eigenvalue weighted by molar-refractivity contribution is -0.139. The zero-order valence-corrected chi connectivity index (χ0v) is 15.3. The molecule has 0 radical (unpaired) electrons. The van der Waals surface area contributed by atoms with Crippen LogP contribution in [0.2, 0.25) is 0 Å². The molecule has 25 heavy (non-hydrogen) atoms. The molecule has 0 aliphatic carbocycles. The molecule has 0 saturated carbocycles. The van der Waals surface area contributed by atoms with Crippen LogP contribution in [0.3, 0.4) is 0 Å². The number of rotatable bonds is 8. The number of allylic oxidation sites excluding steroid dienone is 1. The van der Waals surface area contributed by atoms with Crippen molar-refractivity contribution in [1.82, 2.24) is 9.80 Å². The van der Waals surface area contributed by atoms with Gasteiger partial charge in [0, 0.05) is 39.0 Å². The summed E-state index contributed by atoms with van der Waals surface area (Å²) in [5.74, 6) is 0.487. The van der Waals surface area contributed by atoms with Crippen LogP contribution >= 0.6 is 0 Å². The van der Waals surface area contributed by atoms with E-state index in [1.165, 1.54) is 5.56 Å². The maximum atomic E-state index is 12.5. The average Bonchev–Trinajstić information content (AvgIpc) is 2.66. The maximum Gasteiger partial charge on any atom is 0.225 e. The normalized spacial score (nSPS) is 15.0. The van der Waals surface area contributed by atoms with E-state index in [-0.39, 0.29) is 17.7 Å². The van der Waals surface area contributed by atoms with Gasteiger partial charge in [-0.1, -0.05) is 36.4 Å². The summed E-state index contributed by atoms with van der Waals surface area (Å²) in [4.78, 5) is 28.6. The third-order valence-corrected chi connectivity index (χ3v) is 4.95. The number of hydrogen-bond donors (Lipinski definition) is 0. The Kier molecular flexibility index (Phi) is 7.71. The molecule has 136 valence electrons. The minimum atomic E-state index is 0.0619. The summed E-state index contributed by atoms with van der Waals surface area (Å²) in [5.41, 5.74) is 1.20. The van der Waals surface area contributed by atoms with Gasteiger partial charge in [0.25, 0.3) is 0 Å². The molecule has 2 amide bonds. The second-order valence-corrected chi connectivity index (χ2v) is 6.83. The zero-order chi connectivity index (χ0) is 18.1. The molecule has 4 nitrogen and oxygen atoms in total. The highest BCUT2D eigenvalue weighted by Gasteiger charge is 2.28. The highest BCUT2D eigenvalue weighted by molar-refractivity contribution is 5.80. The summed E-state index contributed by atoms with van der Waals surface area (Å²) in [7, 11) is 1.88. The molecule has 0 spiro atoms. The van der Waals surface area contributed by atoms with E-state index in [0.29, 0.717) is 19.5 Å². The monoisotopic (exact) mass is 342 g/mol. The van der Waals surface area contributed by atoms with Gasteiger partial charge in [-0.3, -0.25) is 9.59 Å². The Bertz CT molecular complexity index is 563. The molecule has 1 aromatic rings. The van der Waals surface area contributed by atoms with E-state index < -0.39 is 0 Å². The Hall–Kier alpha value is -2.10. The summed E-state index contributed by atoms with van der Waals surface area (Å²) < 4.78 is 0. The lowest BCUT2D eigenvalue weighted by Crippen LogP contribution is -2.43. The molecule has 4 heteroatoms. The van der Waals surface area contributed by atoms with Crippen molar-refractivity contribution < 1.29 is 9.59 Å².